The van der Waals surface area contributed by atoms with Crippen molar-refractivity contribution in [3.8, 4) is 0 Å². The molecule has 2 fully saturated rings. The smallest absolute Gasteiger partial charge is 0.410 e. The number of hydrogen-bond donors (Lipinski definition) is 1. The van der Waals surface area contributed by atoms with Gasteiger partial charge in [0.15, 0.2) is 0 Å². The largest absolute Gasteiger partial charge is 0.463 e. The number of ether oxygens (including phenoxy) is 2. The molecular weight excluding hydrogens is 384 g/mol. The monoisotopic (exact) mass is 412 g/mol. The molecule has 0 radical (unpaired) electrons. The van der Waals surface area contributed by atoms with Crippen molar-refractivity contribution >= 4 is 23.7 Å². The van der Waals surface area contributed by atoms with Crippen LogP contribution in [0.4, 0.5) is 10.5 Å². The number of likely N-dealkylation sites (tertiary alicyclic amines) is 1. The van der Waals surface area contributed by atoms with Gasteiger partial charge in [-0.3, -0.25) is 4.79 Å². The molecule has 0 unspecified atom stereocenters. The van der Waals surface area contributed by atoms with Gasteiger partial charge in [-0.05, 0) is 57.7 Å². The maximum Gasteiger partial charge on any atom is 0.410 e. The Hall–Kier alpha value is -2.83. The fraction of sp³-hybridized carbons (Fsp3) is 0.522. The molecule has 160 valence electrons. The van der Waals surface area contributed by atoms with E-state index in [0.29, 0.717) is 19.4 Å². The summed E-state index contributed by atoms with van der Waals surface area (Å²) in [5, 5.41) is 3.00. The molecule has 1 spiro atoms. The third-order valence-electron chi connectivity index (χ3n) is 6.20. The highest BCUT2D eigenvalue weighted by atomic mass is 16.6. The summed E-state index contributed by atoms with van der Waals surface area (Å²) < 4.78 is 10.8. The van der Waals surface area contributed by atoms with E-state index in [2.05, 4.69) is 5.32 Å². The van der Waals surface area contributed by atoms with E-state index in [-0.39, 0.29) is 18.4 Å². The zero-order valence-corrected chi connectivity index (χ0v) is 17.9. The van der Waals surface area contributed by atoms with Crippen LogP contribution in [0.25, 0.3) is 0 Å². The van der Waals surface area contributed by atoms with Crippen LogP contribution in [-0.4, -0.2) is 47.7 Å². The van der Waals surface area contributed by atoms with Crippen molar-refractivity contribution in [1.29, 1.82) is 0 Å². The van der Waals surface area contributed by atoms with Gasteiger partial charge in [-0.15, -0.1) is 0 Å². The van der Waals surface area contributed by atoms with Gasteiger partial charge in [-0.2, -0.15) is 0 Å². The van der Waals surface area contributed by atoms with Crippen molar-refractivity contribution in [2.75, 3.05) is 18.5 Å². The predicted molar refractivity (Wildman–Crippen MR) is 111 cm³/mol. The van der Waals surface area contributed by atoms with Gasteiger partial charge in [0, 0.05) is 23.7 Å². The fourth-order valence-corrected chi connectivity index (χ4v) is 5.28. The number of anilines is 1. The van der Waals surface area contributed by atoms with Crippen LogP contribution in [0.2, 0.25) is 0 Å². The number of carbonyl (C=O) groups is 3. The highest BCUT2D eigenvalue weighted by Gasteiger charge is 2.64. The van der Waals surface area contributed by atoms with E-state index < -0.39 is 29.1 Å². The van der Waals surface area contributed by atoms with Crippen molar-refractivity contribution in [1.82, 2.24) is 4.90 Å². The SMILES string of the molecule is CCOC(=O)/C=C1\C[C@@H]2C(=O)Nc3ccccc3[C@@]23CCN(C(=O)OC(C)(C)C)[C@@H]13. The van der Waals surface area contributed by atoms with E-state index >= 15 is 0 Å². The lowest BCUT2D eigenvalue weighted by Gasteiger charge is -2.41. The van der Waals surface area contributed by atoms with Gasteiger partial charge in [0.1, 0.15) is 5.60 Å². The Morgan fingerprint density at radius 3 is 2.73 bits per heavy atom. The van der Waals surface area contributed by atoms with Crippen LogP contribution < -0.4 is 5.32 Å². The molecule has 7 heteroatoms. The Morgan fingerprint density at radius 1 is 1.30 bits per heavy atom. The molecule has 2 amide bonds. The number of hydrogen-bond acceptors (Lipinski definition) is 5. The minimum absolute atomic E-state index is 0.0722. The molecular formula is C23H28N2O5. The molecule has 4 rings (SSSR count). The number of carbonyl (C=O) groups excluding carboxylic acids is 3. The number of esters is 1. The lowest BCUT2D eigenvalue weighted by atomic mass is 9.66. The van der Waals surface area contributed by atoms with Crippen molar-refractivity contribution in [3.63, 3.8) is 0 Å². The summed E-state index contributed by atoms with van der Waals surface area (Å²) in [5.74, 6) is -0.881. The number of benzene rings is 1. The Kier molecular flexibility index (Phi) is 4.87. The second-order valence-electron chi connectivity index (χ2n) is 9.13. The molecule has 2 aliphatic heterocycles. The molecule has 7 nitrogen and oxygen atoms in total. The molecule has 1 aliphatic carbocycles. The molecule has 2 heterocycles. The van der Waals surface area contributed by atoms with Crippen molar-refractivity contribution in [2.24, 2.45) is 5.92 Å². The molecule has 1 aromatic rings. The molecule has 3 atom stereocenters. The van der Waals surface area contributed by atoms with Gasteiger partial charge in [-0.1, -0.05) is 18.2 Å². The number of fused-ring (bicyclic) bond motifs is 1. The Balaban J connectivity index is 1.83. The Labute approximate surface area is 176 Å². The van der Waals surface area contributed by atoms with Gasteiger partial charge in [0.25, 0.3) is 0 Å². The normalized spacial score (nSPS) is 28.5. The molecule has 1 N–H and O–H groups in total. The summed E-state index contributed by atoms with van der Waals surface area (Å²) in [4.78, 5) is 40.1. The Bertz CT molecular complexity index is 932. The van der Waals surface area contributed by atoms with Gasteiger partial charge in [-0.25, -0.2) is 9.59 Å². The van der Waals surface area contributed by atoms with Gasteiger partial charge < -0.3 is 19.7 Å². The zero-order valence-electron chi connectivity index (χ0n) is 17.9. The number of amides is 2. The van der Waals surface area contributed by atoms with Crippen LogP contribution in [0.3, 0.4) is 0 Å². The molecule has 30 heavy (non-hydrogen) atoms. The lowest BCUT2D eigenvalue weighted by molar-refractivity contribution is -0.137. The third-order valence-corrected chi connectivity index (χ3v) is 6.20. The second-order valence-corrected chi connectivity index (χ2v) is 9.13. The summed E-state index contributed by atoms with van der Waals surface area (Å²) in [6, 6.07) is 7.31. The van der Waals surface area contributed by atoms with E-state index in [0.717, 1.165) is 16.8 Å². The fourth-order valence-electron chi connectivity index (χ4n) is 5.28. The topological polar surface area (TPSA) is 84.9 Å². The van der Waals surface area contributed by atoms with Crippen LogP contribution in [0.1, 0.15) is 46.1 Å². The van der Waals surface area contributed by atoms with Crippen LogP contribution in [0, 0.1) is 5.92 Å². The number of para-hydroxylation sites is 1. The van der Waals surface area contributed by atoms with E-state index in [1.807, 2.05) is 45.0 Å². The maximum absolute atomic E-state index is 13.1. The summed E-state index contributed by atoms with van der Waals surface area (Å²) >= 11 is 0. The average Bonchev–Trinajstić information content (AvgIpc) is 3.18. The summed E-state index contributed by atoms with van der Waals surface area (Å²) in [6.45, 7) is 7.95. The first kappa shape index (κ1) is 20.4. The first-order chi connectivity index (χ1) is 14.2. The summed E-state index contributed by atoms with van der Waals surface area (Å²) in [6.07, 6.45) is 2.07. The van der Waals surface area contributed by atoms with E-state index in [1.54, 1.807) is 11.8 Å². The van der Waals surface area contributed by atoms with Crippen molar-refractivity contribution in [3.05, 3.63) is 41.5 Å². The van der Waals surface area contributed by atoms with Crippen LogP contribution >= 0.6 is 0 Å². The number of nitrogens with zero attached hydrogens (tertiary/aromatic N) is 1. The first-order valence-corrected chi connectivity index (χ1v) is 10.4. The second kappa shape index (κ2) is 7.15. The van der Waals surface area contributed by atoms with E-state index in [1.165, 1.54) is 6.08 Å². The minimum Gasteiger partial charge on any atom is -0.463 e. The Morgan fingerprint density at radius 2 is 2.03 bits per heavy atom. The zero-order chi connectivity index (χ0) is 21.7. The highest BCUT2D eigenvalue weighted by molar-refractivity contribution is 5.99. The number of nitrogens with one attached hydrogen (secondary N) is 1. The predicted octanol–water partition coefficient (Wildman–Crippen LogP) is 3.40. The minimum atomic E-state index is -0.641. The van der Waals surface area contributed by atoms with Gasteiger partial charge in [0.05, 0.1) is 18.6 Å². The van der Waals surface area contributed by atoms with Crippen LogP contribution in [-0.2, 0) is 24.5 Å². The molecule has 3 aliphatic rings. The van der Waals surface area contributed by atoms with Gasteiger partial charge >= 0.3 is 12.1 Å². The third kappa shape index (κ3) is 3.16. The average molecular weight is 412 g/mol. The highest BCUT2D eigenvalue weighted by Crippen LogP contribution is 2.59. The maximum atomic E-state index is 13.1. The molecule has 1 aromatic carbocycles. The van der Waals surface area contributed by atoms with Crippen molar-refractivity contribution < 1.29 is 23.9 Å². The van der Waals surface area contributed by atoms with E-state index in [9.17, 15) is 14.4 Å². The number of rotatable bonds is 2. The van der Waals surface area contributed by atoms with Crippen molar-refractivity contribution in [2.45, 2.75) is 57.6 Å². The van der Waals surface area contributed by atoms with Crippen LogP contribution in [0.5, 0.6) is 0 Å². The van der Waals surface area contributed by atoms with Crippen LogP contribution in [0.15, 0.2) is 35.9 Å². The molecule has 1 saturated heterocycles. The molecule has 1 saturated carbocycles. The molecule has 0 bridgehead atoms. The quantitative estimate of drug-likeness (QED) is 0.594. The summed E-state index contributed by atoms with van der Waals surface area (Å²) in [5.41, 5.74) is 1.31. The first-order valence-electron chi connectivity index (χ1n) is 10.4. The standard InChI is InChI=1S/C23H28N2O5/c1-5-29-18(26)13-14-12-16-20(27)24-17-9-7-6-8-15(17)23(16)10-11-25(19(14)23)21(28)30-22(2,3)4/h6-9,13,16,19H,5,10-12H2,1-4H3,(H,24,27)/b14-13+/t16-,19+,23+/m1/s1. The molecule has 0 aromatic heterocycles. The summed E-state index contributed by atoms with van der Waals surface area (Å²) in [7, 11) is 0. The van der Waals surface area contributed by atoms with E-state index in [4.69, 9.17) is 9.47 Å². The lowest BCUT2D eigenvalue weighted by Crippen LogP contribution is -2.50. The van der Waals surface area contributed by atoms with Gasteiger partial charge in [0.2, 0.25) is 5.91 Å².